The molecule has 0 spiro atoms. The highest BCUT2D eigenvalue weighted by atomic mass is 32.1. The van der Waals surface area contributed by atoms with Crippen LogP contribution in [0.25, 0.3) is 10.2 Å². The van der Waals surface area contributed by atoms with Crippen molar-refractivity contribution in [1.29, 1.82) is 0 Å². The molecule has 26 heavy (non-hydrogen) atoms. The molecule has 1 saturated heterocycles. The van der Waals surface area contributed by atoms with Crippen molar-refractivity contribution in [3.63, 3.8) is 0 Å². The van der Waals surface area contributed by atoms with Gasteiger partial charge in [0.15, 0.2) is 0 Å². The van der Waals surface area contributed by atoms with Crippen LogP contribution in [0.5, 0.6) is 0 Å². The van der Waals surface area contributed by atoms with E-state index in [0.717, 1.165) is 39.3 Å². The topological polar surface area (TPSA) is 87.8 Å². The zero-order valence-corrected chi connectivity index (χ0v) is 16.1. The predicted molar refractivity (Wildman–Crippen MR) is 99.9 cm³/mol. The van der Waals surface area contributed by atoms with Crippen molar-refractivity contribution < 1.29 is 14.3 Å². The van der Waals surface area contributed by atoms with Crippen LogP contribution in [0.15, 0.2) is 4.79 Å². The molecule has 3 rings (SSSR count). The number of aromatic amines is 1. The number of carbonyl (C=O) groups is 1. The number of thiophene rings is 1. The molecule has 1 N–H and O–H groups in total. The van der Waals surface area contributed by atoms with E-state index in [9.17, 15) is 9.59 Å². The maximum atomic E-state index is 12.5. The van der Waals surface area contributed by atoms with E-state index in [-0.39, 0.29) is 5.56 Å². The fraction of sp³-hybridized carbons (Fsp3) is 0.588. The molecule has 142 valence electrons. The molecule has 0 bridgehead atoms. The fourth-order valence-electron chi connectivity index (χ4n) is 3.15. The molecule has 0 atom stereocenters. The molecule has 1 aliphatic rings. The Bertz CT molecular complexity index is 839. The Morgan fingerprint density at radius 3 is 2.58 bits per heavy atom. The van der Waals surface area contributed by atoms with Gasteiger partial charge >= 0.3 is 5.97 Å². The molecule has 0 saturated carbocycles. The Morgan fingerprint density at radius 2 is 1.92 bits per heavy atom. The van der Waals surface area contributed by atoms with Gasteiger partial charge in [-0.25, -0.2) is 9.78 Å². The van der Waals surface area contributed by atoms with E-state index in [1.807, 2.05) is 0 Å². The van der Waals surface area contributed by atoms with Crippen LogP contribution in [-0.2, 0) is 16.0 Å². The van der Waals surface area contributed by atoms with Gasteiger partial charge in [-0.05, 0) is 12.5 Å². The van der Waals surface area contributed by atoms with Crippen molar-refractivity contribution in [3.05, 3.63) is 26.6 Å². The number of piperazine rings is 1. The molecule has 0 radical (unpaired) electrons. The summed E-state index contributed by atoms with van der Waals surface area (Å²) in [5.74, 6) is 0.198. The number of rotatable bonds is 6. The van der Waals surface area contributed by atoms with Gasteiger partial charge in [-0.1, -0.05) is 0 Å². The summed E-state index contributed by atoms with van der Waals surface area (Å²) in [7, 11) is 3.05. The number of nitrogens with one attached hydrogen (secondary N) is 1. The Kier molecular flexibility index (Phi) is 6.02. The summed E-state index contributed by atoms with van der Waals surface area (Å²) in [5, 5.41) is 0.475. The standard InChI is InChI=1S/C17H24N4O4S/c1-11-13-15(22)18-12(19-16(13)26-14(11)17(23)25-3)10-21-6-4-20(5-7-21)8-9-24-2/h4-10H2,1-3H3,(H,18,19,22). The van der Waals surface area contributed by atoms with Crippen LogP contribution in [0.3, 0.4) is 0 Å². The average Bonchev–Trinajstić information content (AvgIpc) is 2.97. The molecule has 2 aromatic heterocycles. The van der Waals surface area contributed by atoms with Crippen molar-refractivity contribution in [1.82, 2.24) is 19.8 Å². The highest BCUT2D eigenvalue weighted by Gasteiger charge is 2.21. The fourth-order valence-corrected chi connectivity index (χ4v) is 4.27. The van der Waals surface area contributed by atoms with Gasteiger partial charge in [0, 0.05) is 39.8 Å². The van der Waals surface area contributed by atoms with Crippen molar-refractivity contribution in [2.75, 3.05) is 53.6 Å². The minimum Gasteiger partial charge on any atom is -0.465 e. The summed E-state index contributed by atoms with van der Waals surface area (Å²) in [5.41, 5.74) is 0.427. The number of hydrogen-bond donors (Lipinski definition) is 1. The van der Waals surface area contributed by atoms with Crippen molar-refractivity contribution in [2.45, 2.75) is 13.5 Å². The van der Waals surface area contributed by atoms with E-state index in [2.05, 4.69) is 19.8 Å². The number of methoxy groups -OCH3 is 2. The lowest BCUT2D eigenvalue weighted by Gasteiger charge is -2.34. The van der Waals surface area contributed by atoms with Crippen LogP contribution in [0, 0.1) is 6.92 Å². The van der Waals surface area contributed by atoms with Crippen molar-refractivity contribution in [2.24, 2.45) is 0 Å². The van der Waals surface area contributed by atoms with E-state index < -0.39 is 5.97 Å². The van der Waals surface area contributed by atoms with Crippen LogP contribution in [0.1, 0.15) is 21.1 Å². The van der Waals surface area contributed by atoms with E-state index in [0.29, 0.717) is 33.0 Å². The number of aryl methyl sites for hydroxylation is 1. The lowest BCUT2D eigenvalue weighted by Crippen LogP contribution is -2.47. The largest absolute Gasteiger partial charge is 0.465 e. The van der Waals surface area contributed by atoms with E-state index in [1.54, 1.807) is 14.0 Å². The van der Waals surface area contributed by atoms with Crippen LogP contribution in [0.2, 0.25) is 0 Å². The molecule has 0 amide bonds. The average molecular weight is 380 g/mol. The maximum absolute atomic E-state index is 12.5. The number of fused-ring (bicyclic) bond motifs is 1. The maximum Gasteiger partial charge on any atom is 0.348 e. The van der Waals surface area contributed by atoms with Crippen LogP contribution >= 0.6 is 11.3 Å². The van der Waals surface area contributed by atoms with E-state index >= 15 is 0 Å². The third-order valence-electron chi connectivity index (χ3n) is 4.67. The Hall–Kier alpha value is -1.81. The number of esters is 1. The summed E-state index contributed by atoms with van der Waals surface area (Å²) in [6.45, 7) is 7.81. The molecule has 3 heterocycles. The third kappa shape index (κ3) is 3.96. The first-order valence-electron chi connectivity index (χ1n) is 8.57. The minimum absolute atomic E-state index is 0.201. The minimum atomic E-state index is -0.432. The third-order valence-corrected chi connectivity index (χ3v) is 5.84. The van der Waals surface area contributed by atoms with Crippen LogP contribution < -0.4 is 5.56 Å². The Balaban J connectivity index is 1.74. The second-order valence-corrected chi connectivity index (χ2v) is 7.35. The Morgan fingerprint density at radius 1 is 1.23 bits per heavy atom. The number of ether oxygens (including phenoxy) is 2. The highest BCUT2D eigenvalue weighted by Crippen LogP contribution is 2.27. The number of H-pyrrole nitrogens is 1. The van der Waals surface area contributed by atoms with Gasteiger partial charge in [-0.2, -0.15) is 0 Å². The lowest BCUT2D eigenvalue weighted by molar-refractivity contribution is 0.0605. The van der Waals surface area contributed by atoms with Crippen LogP contribution in [0.4, 0.5) is 0 Å². The highest BCUT2D eigenvalue weighted by molar-refractivity contribution is 7.20. The second-order valence-electron chi connectivity index (χ2n) is 6.35. The SMILES string of the molecule is COCCN1CCN(Cc2nc3sc(C(=O)OC)c(C)c3c(=O)[nH]2)CC1. The quantitative estimate of drug-likeness (QED) is 0.743. The first-order chi connectivity index (χ1) is 12.5. The summed E-state index contributed by atoms with van der Waals surface area (Å²) in [4.78, 5) is 37.4. The molecule has 8 nitrogen and oxygen atoms in total. The summed E-state index contributed by atoms with van der Waals surface area (Å²) in [6, 6.07) is 0. The van der Waals surface area contributed by atoms with Gasteiger partial charge in [0.05, 0.1) is 25.6 Å². The van der Waals surface area contributed by atoms with E-state index in [4.69, 9.17) is 9.47 Å². The second kappa shape index (κ2) is 8.26. The van der Waals surface area contributed by atoms with Crippen molar-refractivity contribution in [3.8, 4) is 0 Å². The molecule has 2 aromatic rings. The first kappa shape index (κ1) is 19.0. The Labute approximate surface area is 155 Å². The molecular formula is C17H24N4O4S. The van der Waals surface area contributed by atoms with Crippen molar-refractivity contribution >= 4 is 27.5 Å². The van der Waals surface area contributed by atoms with E-state index in [1.165, 1.54) is 18.4 Å². The predicted octanol–water partition coefficient (Wildman–Crippen LogP) is 0.844. The van der Waals surface area contributed by atoms with Gasteiger partial charge in [-0.3, -0.25) is 14.6 Å². The molecule has 1 fully saturated rings. The smallest absolute Gasteiger partial charge is 0.348 e. The van der Waals surface area contributed by atoms with Crippen LogP contribution in [-0.4, -0.2) is 79.3 Å². The van der Waals surface area contributed by atoms with Gasteiger partial charge in [0.2, 0.25) is 0 Å². The normalized spacial score (nSPS) is 16.3. The van der Waals surface area contributed by atoms with Gasteiger partial charge in [-0.15, -0.1) is 11.3 Å². The van der Waals surface area contributed by atoms with Gasteiger partial charge in [0.1, 0.15) is 15.5 Å². The summed E-state index contributed by atoms with van der Waals surface area (Å²) < 4.78 is 9.91. The number of nitrogens with zero attached hydrogens (tertiary/aromatic N) is 3. The zero-order chi connectivity index (χ0) is 18.7. The molecule has 9 heteroatoms. The number of hydrogen-bond acceptors (Lipinski definition) is 8. The first-order valence-corrected chi connectivity index (χ1v) is 9.39. The summed E-state index contributed by atoms with van der Waals surface area (Å²) in [6.07, 6.45) is 0. The zero-order valence-electron chi connectivity index (χ0n) is 15.3. The molecule has 0 unspecified atom stereocenters. The molecular weight excluding hydrogens is 356 g/mol. The lowest BCUT2D eigenvalue weighted by atomic mass is 10.2. The number of aromatic nitrogens is 2. The van der Waals surface area contributed by atoms with Gasteiger partial charge in [0.25, 0.3) is 5.56 Å². The van der Waals surface area contributed by atoms with Gasteiger partial charge < -0.3 is 14.5 Å². The molecule has 0 aromatic carbocycles. The molecule has 0 aliphatic carbocycles. The monoisotopic (exact) mass is 380 g/mol. The molecule has 1 aliphatic heterocycles. The number of carbonyl (C=O) groups excluding carboxylic acids is 1. The summed E-state index contributed by atoms with van der Waals surface area (Å²) >= 11 is 1.21.